The summed E-state index contributed by atoms with van der Waals surface area (Å²) in [5.41, 5.74) is 1.92. The number of nitrogens with zero attached hydrogens (tertiary/aromatic N) is 1. The highest BCUT2D eigenvalue weighted by atomic mass is 32.2. The summed E-state index contributed by atoms with van der Waals surface area (Å²) in [5.74, 6) is -2.10. The number of β-lactam (4-membered cyclic amide) rings is 1. The molecule has 1 saturated heterocycles. The molecular weight excluding hydrogens is 633 g/mol. The van der Waals surface area contributed by atoms with Crippen molar-refractivity contribution in [1.29, 1.82) is 0 Å². The number of hydrogen-bond acceptors (Lipinski definition) is 9. The first-order valence-corrected chi connectivity index (χ1v) is 17.4. The van der Waals surface area contributed by atoms with Gasteiger partial charge in [0.15, 0.2) is 17.6 Å². The number of nitrogens with one attached hydrogen (secondary N) is 1. The maximum atomic E-state index is 14.1. The molecule has 2 aliphatic heterocycles. The zero-order valence-electron chi connectivity index (χ0n) is 24.0. The Balaban J connectivity index is 1.33. The minimum atomic E-state index is -4.36. The first-order chi connectivity index (χ1) is 21.7. The van der Waals surface area contributed by atoms with E-state index in [1.165, 1.54) is 40.1 Å². The van der Waals surface area contributed by atoms with Crippen LogP contribution in [0.1, 0.15) is 27.7 Å². The number of amides is 2. The van der Waals surface area contributed by atoms with E-state index in [1.54, 1.807) is 12.1 Å². The van der Waals surface area contributed by atoms with Crippen LogP contribution in [0.5, 0.6) is 0 Å². The number of rotatable bonds is 10. The van der Waals surface area contributed by atoms with Gasteiger partial charge in [0, 0.05) is 4.88 Å². The van der Waals surface area contributed by atoms with E-state index >= 15 is 0 Å². The zero-order valence-corrected chi connectivity index (χ0v) is 26.4. The molecule has 9 nitrogen and oxygen atoms in total. The second kappa shape index (κ2) is 12.9. The van der Waals surface area contributed by atoms with Crippen molar-refractivity contribution >= 4 is 51.0 Å². The Morgan fingerprint density at radius 2 is 1.58 bits per heavy atom. The van der Waals surface area contributed by atoms with Crippen LogP contribution in [0.4, 0.5) is 0 Å². The Bertz CT molecular complexity index is 1800. The van der Waals surface area contributed by atoms with Gasteiger partial charge >= 0.3 is 16.1 Å². The third kappa shape index (κ3) is 6.53. The lowest BCUT2D eigenvalue weighted by Crippen LogP contribution is -2.70. The van der Waals surface area contributed by atoms with Crippen LogP contribution in [-0.2, 0) is 39.8 Å². The molecular formula is C33H28N2O7S3. The Morgan fingerprint density at radius 1 is 0.933 bits per heavy atom. The Kier molecular flexibility index (Phi) is 8.79. The molecule has 1 N–H and O–H groups in total. The molecule has 0 aliphatic carbocycles. The number of hydrogen-bond donors (Lipinski definition) is 1. The molecule has 1 aromatic heterocycles. The van der Waals surface area contributed by atoms with Crippen molar-refractivity contribution in [3.05, 3.63) is 135 Å². The Hall–Kier alpha value is -4.39. The molecule has 2 aliphatic rings. The highest BCUT2D eigenvalue weighted by Gasteiger charge is 2.55. The van der Waals surface area contributed by atoms with E-state index in [-0.39, 0.29) is 34.4 Å². The molecule has 6 rings (SSSR count). The monoisotopic (exact) mass is 660 g/mol. The van der Waals surface area contributed by atoms with Gasteiger partial charge in [0.2, 0.25) is 5.91 Å². The normalized spacial score (nSPS) is 17.8. The van der Waals surface area contributed by atoms with Crippen molar-refractivity contribution in [2.24, 2.45) is 0 Å². The van der Waals surface area contributed by atoms with Crippen LogP contribution >= 0.6 is 23.1 Å². The van der Waals surface area contributed by atoms with E-state index in [4.69, 9.17) is 8.92 Å². The quantitative estimate of drug-likeness (QED) is 0.144. The first-order valence-electron chi connectivity index (χ1n) is 14.0. The standard InChI is InChI=1S/C33H28N2O7S3/c1-21-14-16-25(17-15-21)45(39,40)42-26-20-44-32-28(34-27(36)19-24-13-8-18-43-24)31(37)35(32)29(26)33(38)41-30(22-9-4-2-5-10-22)23-11-6-3-7-12-23/h2-18,28,30,32H,19-20H2,1H3,(H,34,36)/t28?,32-/m1/s1. The Labute approximate surface area is 269 Å². The first kappa shape index (κ1) is 30.6. The van der Waals surface area contributed by atoms with Crippen molar-refractivity contribution in [3.8, 4) is 0 Å². The van der Waals surface area contributed by atoms with Gasteiger partial charge in [-0.15, -0.1) is 23.1 Å². The van der Waals surface area contributed by atoms with E-state index in [0.717, 1.165) is 10.4 Å². The average molecular weight is 661 g/mol. The minimum Gasteiger partial charge on any atom is -0.448 e. The van der Waals surface area contributed by atoms with Crippen LogP contribution in [0.15, 0.2) is 119 Å². The average Bonchev–Trinajstić information content (AvgIpc) is 3.56. The summed E-state index contributed by atoms with van der Waals surface area (Å²) in [7, 11) is -4.36. The maximum Gasteiger partial charge on any atom is 0.359 e. The summed E-state index contributed by atoms with van der Waals surface area (Å²) in [6.07, 6.45) is -0.740. The minimum absolute atomic E-state index is 0.0530. The zero-order chi connectivity index (χ0) is 31.6. The largest absolute Gasteiger partial charge is 0.448 e. The van der Waals surface area contributed by atoms with Crippen LogP contribution in [0.25, 0.3) is 0 Å². The fraction of sp³-hybridized carbons (Fsp3) is 0.182. The van der Waals surface area contributed by atoms with Gasteiger partial charge in [-0.25, -0.2) is 4.79 Å². The van der Waals surface area contributed by atoms with E-state index in [2.05, 4.69) is 5.32 Å². The highest BCUT2D eigenvalue weighted by molar-refractivity contribution is 8.00. The number of thioether (sulfide) groups is 1. The number of fused-ring (bicyclic) bond motifs is 1. The summed E-state index contributed by atoms with van der Waals surface area (Å²) in [4.78, 5) is 42.3. The van der Waals surface area contributed by atoms with Gasteiger partial charge in [0.25, 0.3) is 5.91 Å². The molecule has 1 unspecified atom stereocenters. The van der Waals surface area contributed by atoms with E-state index in [1.807, 2.05) is 85.1 Å². The van der Waals surface area contributed by atoms with Gasteiger partial charge in [-0.2, -0.15) is 8.42 Å². The summed E-state index contributed by atoms with van der Waals surface area (Å²) >= 11 is 2.63. The van der Waals surface area contributed by atoms with Crippen molar-refractivity contribution < 1.29 is 31.7 Å². The van der Waals surface area contributed by atoms with Crippen LogP contribution in [0, 0.1) is 6.92 Å². The van der Waals surface area contributed by atoms with Crippen LogP contribution < -0.4 is 5.32 Å². The fourth-order valence-corrected chi connectivity index (χ4v) is 8.07. The highest BCUT2D eigenvalue weighted by Crippen LogP contribution is 2.42. The third-order valence-corrected chi connectivity index (χ3v) is 10.7. The van der Waals surface area contributed by atoms with Crippen molar-refractivity contribution in [2.45, 2.75) is 35.8 Å². The van der Waals surface area contributed by atoms with E-state index in [0.29, 0.717) is 11.1 Å². The molecule has 230 valence electrons. The molecule has 0 radical (unpaired) electrons. The van der Waals surface area contributed by atoms with Crippen molar-refractivity contribution in [1.82, 2.24) is 10.2 Å². The molecule has 2 amide bonds. The molecule has 0 saturated carbocycles. The molecule has 2 atom stereocenters. The molecule has 3 aromatic carbocycles. The topological polar surface area (TPSA) is 119 Å². The number of ether oxygens (including phenoxy) is 1. The second-order valence-electron chi connectivity index (χ2n) is 10.4. The molecule has 12 heteroatoms. The number of aryl methyl sites for hydroxylation is 1. The van der Waals surface area contributed by atoms with Gasteiger partial charge < -0.3 is 14.2 Å². The molecule has 45 heavy (non-hydrogen) atoms. The SMILES string of the molecule is Cc1ccc(S(=O)(=O)OC2=C(C(=O)OC(c3ccccc3)c3ccccc3)N3C(=O)C(NC(=O)Cc4cccs4)[C@H]3SC2)cc1. The van der Waals surface area contributed by atoms with Crippen LogP contribution in [0.3, 0.4) is 0 Å². The maximum absolute atomic E-state index is 14.1. The van der Waals surface area contributed by atoms with Gasteiger partial charge in [0.05, 0.1) is 12.2 Å². The smallest absolute Gasteiger partial charge is 0.359 e. The number of benzene rings is 3. The summed E-state index contributed by atoms with van der Waals surface area (Å²) in [6, 6.07) is 27.1. The van der Waals surface area contributed by atoms with Gasteiger partial charge in [0.1, 0.15) is 16.3 Å². The molecule has 3 heterocycles. The van der Waals surface area contributed by atoms with Crippen molar-refractivity contribution in [2.75, 3.05) is 5.75 Å². The summed E-state index contributed by atoms with van der Waals surface area (Å²) in [6.45, 7) is 1.83. The van der Waals surface area contributed by atoms with Crippen LogP contribution in [0.2, 0.25) is 0 Å². The molecule has 4 aromatic rings. The van der Waals surface area contributed by atoms with Gasteiger partial charge in [-0.3, -0.25) is 14.5 Å². The third-order valence-electron chi connectivity index (χ3n) is 7.31. The predicted molar refractivity (Wildman–Crippen MR) is 170 cm³/mol. The lowest BCUT2D eigenvalue weighted by molar-refractivity contribution is -0.155. The summed E-state index contributed by atoms with van der Waals surface area (Å²) < 4.78 is 38.3. The van der Waals surface area contributed by atoms with E-state index in [9.17, 15) is 22.8 Å². The van der Waals surface area contributed by atoms with Crippen molar-refractivity contribution in [3.63, 3.8) is 0 Å². The Morgan fingerprint density at radius 3 is 2.18 bits per heavy atom. The lowest BCUT2D eigenvalue weighted by Gasteiger charge is -2.49. The number of esters is 1. The number of carbonyl (C=O) groups excluding carboxylic acids is 3. The van der Waals surface area contributed by atoms with Gasteiger partial charge in [-0.1, -0.05) is 84.4 Å². The number of carbonyl (C=O) groups is 3. The molecule has 0 spiro atoms. The summed E-state index contributed by atoms with van der Waals surface area (Å²) in [5, 5.41) is 3.98. The number of thiophene rings is 1. The lowest BCUT2D eigenvalue weighted by atomic mass is 10.0. The predicted octanol–water partition coefficient (Wildman–Crippen LogP) is 4.95. The van der Waals surface area contributed by atoms with Gasteiger partial charge in [-0.05, 0) is 41.6 Å². The molecule has 0 bridgehead atoms. The second-order valence-corrected chi connectivity index (χ2v) is 14.1. The van der Waals surface area contributed by atoms with E-state index < -0.39 is 39.5 Å². The van der Waals surface area contributed by atoms with Crippen LogP contribution in [-0.4, -0.2) is 48.3 Å². The molecule has 1 fully saturated rings. The fourth-order valence-electron chi connectivity index (χ4n) is 5.07.